The second kappa shape index (κ2) is 6.35. The number of rotatable bonds is 3. The van der Waals surface area contributed by atoms with Gasteiger partial charge in [0.15, 0.2) is 0 Å². The number of hydrogen-bond donors (Lipinski definition) is 2. The van der Waals surface area contributed by atoms with Crippen molar-refractivity contribution >= 4 is 6.21 Å². The second-order valence-electron chi connectivity index (χ2n) is 5.90. The average molecular weight is 276 g/mol. The van der Waals surface area contributed by atoms with E-state index in [-0.39, 0.29) is 12.4 Å². The number of aromatic nitrogens is 1. The van der Waals surface area contributed by atoms with Crippen LogP contribution in [0.4, 0.5) is 0 Å². The molecule has 4 heteroatoms. The van der Waals surface area contributed by atoms with Crippen molar-refractivity contribution in [2.75, 3.05) is 0 Å². The van der Waals surface area contributed by atoms with Crippen molar-refractivity contribution in [3.8, 4) is 5.75 Å². The summed E-state index contributed by atoms with van der Waals surface area (Å²) in [6.45, 7) is 6.13. The van der Waals surface area contributed by atoms with Gasteiger partial charge in [-0.05, 0) is 25.2 Å². The van der Waals surface area contributed by atoms with Gasteiger partial charge in [0, 0.05) is 23.5 Å². The molecule has 1 fully saturated rings. The Morgan fingerprint density at radius 1 is 1.40 bits per heavy atom. The highest BCUT2D eigenvalue weighted by Gasteiger charge is 2.26. The molecule has 1 aliphatic carbocycles. The summed E-state index contributed by atoms with van der Waals surface area (Å²) >= 11 is 0. The van der Waals surface area contributed by atoms with E-state index < -0.39 is 0 Å². The SMILES string of the molecule is Cc1ncc(CO)c(C=N[C@H]2CCC[C@H](C)[C@@H]2C)c1O. The van der Waals surface area contributed by atoms with E-state index in [9.17, 15) is 10.2 Å². The molecule has 0 radical (unpaired) electrons. The predicted octanol–water partition coefficient (Wildman–Crippen LogP) is 2.83. The molecule has 0 saturated heterocycles. The lowest BCUT2D eigenvalue weighted by Gasteiger charge is -2.31. The molecule has 1 heterocycles. The Labute approximate surface area is 120 Å². The van der Waals surface area contributed by atoms with Crippen LogP contribution in [-0.4, -0.2) is 27.5 Å². The molecule has 4 nitrogen and oxygen atoms in total. The smallest absolute Gasteiger partial charge is 0.145 e. The summed E-state index contributed by atoms with van der Waals surface area (Å²) in [5.74, 6) is 1.37. The third kappa shape index (κ3) is 3.01. The van der Waals surface area contributed by atoms with Gasteiger partial charge in [-0.1, -0.05) is 26.7 Å². The molecule has 0 spiro atoms. The van der Waals surface area contributed by atoms with Gasteiger partial charge < -0.3 is 10.2 Å². The van der Waals surface area contributed by atoms with Gasteiger partial charge in [-0.25, -0.2) is 0 Å². The van der Waals surface area contributed by atoms with Crippen molar-refractivity contribution in [3.63, 3.8) is 0 Å². The Kier molecular flexibility index (Phi) is 4.76. The molecule has 1 aromatic rings. The average Bonchev–Trinajstić information content (AvgIpc) is 2.44. The minimum Gasteiger partial charge on any atom is -0.505 e. The van der Waals surface area contributed by atoms with E-state index in [4.69, 9.17) is 0 Å². The molecule has 0 aliphatic heterocycles. The number of aliphatic hydroxyl groups excluding tert-OH is 1. The summed E-state index contributed by atoms with van der Waals surface area (Å²) < 4.78 is 0. The van der Waals surface area contributed by atoms with Gasteiger partial charge >= 0.3 is 0 Å². The minimum atomic E-state index is -0.140. The Morgan fingerprint density at radius 2 is 2.15 bits per heavy atom. The van der Waals surface area contributed by atoms with E-state index in [1.807, 2.05) is 0 Å². The molecule has 3 atom stereocenters. The van der Waals surface area contributed by atoms with Crippen LogP contribution in [0.2, 0.25) is 0 Å². The van der Waals surface area contributed by atoms with Gasteiger partial charge in [0.25, 0.3) is 0 Å². The lowest BCUT2D eigenvalue weighted by molar-refractivity contribution is 0.242. The first-order valence-corrected chi connectivity index (χ1v) is 7.36. The number of pyridine rings is 1. The quantitative estimate of drug-likeness (QED) is 0.834. The predicted molar refractivity (Wildman–Crippen MR) is 80.1 cm³/mol. The first-order chi connectivity index (χ1) is 9.54. The van der Waals surface area contributed by atoms with Gasteiger partial charge in [-0.15, -0.1) is 0 Å². The van der Waals surface area contributed by atoms with Crippen LogP contribution in [0.5, 0.6) is 5.75 Å². The zero-order chi connectivity index (χ0) is 14.7. The maximum absolute atomic E-state index is 10.1. The standard InChI is InChI=1S/C16H24N2O2/c1-10-5-4-6-15(11(10)2)18-8-14-13(9-19)7-17-12(3)16(14)20/h7-8,10-11,15,19-20H,4-6,9H2,1-3H3/t10-,11-,15-/m0/s1. The normalized spacial score (nSPS) is 27.1. The lowest BCUT2D eigenvalue weighted by Crippen LogP contribution is -2.27. The maximum Gasteiger partial charge on any atom is 0.145 e. The fraction of sp³-hybridized carbons (Fsp3) is 0.625. The van der Waals surface area contributed by atoms with Gasteiger partial charge in [0.2, 0.25) is 0 Å². The lowest BCUT2D eigenvalue weighted by atomic mass is 9.78. The van der Waals surface area contributed by atoms with E-state index in [0.717, 1.165) is 6.42 Å². The van der Waals surface area contributed by atoms with Crippen LogP contribution in [0.15, 0.2) is 11.2 Å². The van der Waals surface area contributed by atoms with Crippen LogP contribution in [0.3, 0.4) is 0 Å². The number of aliphatic imine (C=N–C) groups is 1. The largest absolute Gasteiger partial charge is 0.505 e. The topological polar surface area (TPSA) is 65.7 Å². The molecule has 1 aliphatic rings. The molecule has 0 unspecified atom stereocenters. The third-order valence-electron chi connectivity index (χ3n) is 4.59. The van der Waals surface area contributed by atoms with Crippen molar-refractivity contribution in [2.45, 2.75) is 52.7 Å². The molecular formula is C16H24N2O2. The van der Waals surface area contributed by atoms with Crippen molar-refractivity contribution in [2.24, 2.45) is 16.8 Å². The summed E-state index contributed by atoms with van der Waals surface area (Å²) in [5, 5.41) is 19.4. The van der Waals surface area contributed by atoms with Crippen LogP contribution < -0.4 is 0 Å². The van der Waals surface area contributed by atoms with Gasteiger partial charge in [-0.2, -0.15) is 0 Å². The molecule has 20 heavy (non-hydrogen) atoms. The van der Waals surface area contributed by atoms with E-state index in [2.05, 4.69) is 23.8 Å². The Balaban J connectivity index is 2.25. The zero-order valence-corrected chi connectivity index (χ0v) is 12.5. The summed E-state index contributed by atoms with van der Waals surface area (Å²) in [6, 6.07) is 0.304. The number of aliphatic hydroxyl groups is 1. The number of hydrogen-bond acceptors (Lipinski definition) is 4. The first-order valence-electron chi connectivity index (χ1n) is 7.36. The number of aromatic hydroxyl groups is 1. The highest BCUT2D eigenvalue weighted by molar-refractivity contribution is 5.85. The molecule has 0 bridgehead atoms. The summed E-state index contributed by atoms with van der Waals surface area (Å²) in [7, 11) is 0. The van der Waals surface area contributed by atoms with Gasteiger partial charge in [0.05, 0.1) is 18.3 Å². The Bertz CT molecular complexity index is 499. The van der Waals surface area contributed by atoms with Gasteiger partial charge in [0.1, 0.15) is 5.75 Å². The van der Waals surface area contributed by atoms with Crippen molar-refractivity contribution in [1.82, 2.24) is 4.98 Å². The minimum absolute atomic E-state index is 0.122. The molecule has 1 saturated carbocycles. The van der Waals surface area contributed by atoms with Crippen LogP contribution in [0, 0.1) is 18.8 Å². The molecule has 2 rings (SSSR count). The fourth-order valence-electron chi connectivity index (χ4n) is 2.86. The highest BCUT2D eigenvalue weighted by atomic mass is 16.3. The Morgan fingerprint density at radius 3 is 2.85 bits per heavy atom. The van der Waals surface area contributed by atoms with Crippen LogP contribution in [0.25, 0.3) is 0 Å². The maximum atomic E-state index is 10.1. The van der Waals surface area contributed by atoms with Crippen molar-refractivity contribution in [1.29, 1.82) is 0 Å². The van der Waals surface area contributed by atoms with Crippen molar-refractivity contribution < 1.29 is 10.2 Å². The zero-order valence-electron chi connectivity index (χ0n) is 12.5. The highest BCUT2D eigenvalue weighted by Crippen LogP contribution is 2.32. The first kappa shape index (κ1) is 15.0. The molecule has 0 aromatic carbocycles. The van der Waals surface area contributed by atoms with E-state index in [1.165, 1.54) is 12.8 Å². The van der Waals surface area contributed by atoms with E-state index >= 15 is 0 Å². The fourth-order valence-corrected chi connectivity index (χ4v) is 2.86. The molecule has 110 valence electrons. The summed E-state index contributed by atoms with van der Waals surface area (Å²) in [6.07, 6.45) is 6.90. The summed E-state index contributed by atoms with van der Waals surface area (Å²) in [4.78, 5) is 8.73. The molecule has 2 N–H and O–H groups in total. The molecule has 1 aromatic heterocycles. The van der Waals surface area contributed by atoms with Crippen LogP contribution in [0.1, 0.15) is 49.9 Å². The molecular weight excluding hydrogens is 252 g/mol. The van der Waals surface area contributed by atoms with Gasteiger partial charge in [-0.3, -0.25) is 9.98 Å². The number of aryl methyl sites for hydroxylation is 1. The van der Waals surface area contributed by atoms with Crippen molar-refractivity contribution in [3.05, 3.63) is 23.0 Å². The summed E-state index contributed by atoms with van der Waals surface area (Å²) in [5.41, 5.74) is 1.78. The Hall–Kier alpha value is -1.42. The van der Waals surface area contributed by atoms with Crippen LogP contribution >= 0.6 is 0 Å². The monoisotopic (exact) mass is 276 g/mol. The van der Waals surface area contributed by atoms with E-state index in [0.29, 0.717) is 34.7 Å². The second-order valence-corrected chi connectivity index (χ2v) is 5.90. The molecule has 0 amide bonds. The van der Waals surface area contributed by atoms with Crippen LogP contribution in [-0.2, 0) is 6.61 Å². The van der Waals surface area contributed by atoms with E-state index in [1.54, 1.807) is 19.3 Å². The third-order valence-corrected chi connectivity index (χ3v) is 4.59. The number of nitrogens with zero attached hydrogens (tertiary/aromatic N) is 2.